The Morgan fingerprint density at radius 2 is 2.05 bits per heavy atom. The summed E-state index contributed by atoms with van der Waals surface area (Å²) < 4.78 is 12.9. The molecule has 2 aromatic rings. The number of ether oxygens (including phenoxy) is 2. The normalized spacial score (nSPS) is 13.0. The van der Waals surface area contributed by atoms with Crippen LogP contribution in [0.1, 0.15) is 12.5 Å². The zero-order valence-corrected chi connectivity index (χ0v) is 12.0. The monoisotopic (exact) mass is 286 g/mol. The quantitative estimate of drug-likeness (QED) is 0.936. The van der Waals surface area contributed by atoms with Crippen LogP contribution in [-0.2, 0) is 13.1 Å². The summed E-state index contributed by atoms with van der Waals surface area (Å²) in [7, 11) is 0. The van der Waals surface area contributed by atoms with Crippen molar-refractivity contribution in [3.8, 4) is 11.5 Å². The molecule has 1 aromatic carbocycles. The second kappa shape index (κ2) is 5.91. The lowest BCUT2D eigenvalue weighted by atomic mass is 10.1. The summed E-state index contributed by atoms with van der Waals surface area (Å²) in [4.78, 5) is 11.6. The van der Waals surface area contributed by atoms with E-state index in [1.165, 1.54) is 0 Å². The van der Waals surface area contributed by atoms with E-state index in [1.54, 1.807) is 16.7 Å². The molecule has 0 radical (unpaired) electrons. The molecule has 5 heteroatoms. The number of rotatable bonds is 4. The fourth-order valence-corrected chi connectivity index (χ4v) is 2.35. The van der Waals surface area contributed by atoms with E-state index in [1.807, 2.05) is 31.3 Å². The molecule has 0 amide bonds. The van der Waals surface area contributed by atoms with Gasteiger partial charge in [-0.2, -0.15) is 0 Å². The van der Waals surface area contributed by atoms with E-state index in [9.17, 15) is 4.79 Å². The molecular formula is C16H18N2O3. The summed E-state index contributed by atoms with van der Waals surface area (Å²) >= 11 is 0. The van der Waals surface area contributed by atoms with Crippen LogP contribution in [0.4, 0.5) is 5.69 Å². The van der Waals surface area contributed by atoms with Crippen molar-refractivity contribution >= 4 is 5.69 Å². The van der Waals surface area contributed by atoms with Crippen molar-refractivity contribution < 1.29 is 9.47 Å². The minimum absolute atomic E-state index is 0.0110. The third-order valence-electron chi connectivity index (χ3n) is 3.45. The van der Waals surface area contributed by atoms with Crippen LogP contribution < -0.4 is 20.3 Å². The Morgan fingerprint density at radius 1 is 1.19 bits per heavy atom. The molecule has 0 unspecified atom stereocenters. The molecule has 1 N–H and O–H groups in total. The largest absolute Gasteiger partial charge is 0.486 e. The number of anilines is 1. The van der Waals surface area contributed by atoms with Gasteiger partial charge in [0, 0.05) is 30.9 Å². The average Bonchev–Trinajstić information content (AvgIpc) is 2.54. The third-order valence-corrected chi connectivity index (χ3v) is 3.45. The lowest BCUT2D eigenvalue weighted by Crippen LogP contribution is -2.19. The van der Waals surface area contributed by atoms with Crippen molar-refractivity contribution in [2.24, 2.45) is 0 Å². The Hall–Kier alpha value is -2.43. The fraction of sp³-hybridized carbons (Fsp3) is 0.312. The van der Waals surface area contributed by atoms with E-state index in [-0.39, 0.29) is 5.56 Å². The Kier molecular flexibility index (Phi) is 3.81. The summed E-state index contributed by atoms with van der Waals surface area (Å²) in [5.41, 5.74) is 1.96. The van der Waals surface area contributed by atoms with Gasteiger partial charge < -0.3 is 19.4 Å². The molecule has 0 saturated carbocycles. The number of nitrogens with zero attached hydrogens (tertiary/aromatic N) is 1. The van der Waals surface area contributed by atoms with Gasteiger partial charge in [0.15, 0.2) is 11.5 Å². The number of fused-ring (bicyclic) bond motifs is 1. The summed E-state index contributed by atoms with van der Waals surface area (Å²) in [6.45, 7) is 4.39. The SMILES string of the molecule is CCn1cc(NCc2cccc3c2OCCO3)ccc1=O. The molecule has 0 bridgehead atoms. The molecule has 0 atom stereocenters. The lowest BCUT2D eigenvalue weighted by molar-refractivity contribution is 0.170. The number of nitrogens with one attached hydrogen (secondary N) is 1. The minimum atomic E-state index is 0.0110. The van der Waals surface area contributed by atoms with Gasteiger partial charge in [0.2, 0.25) is 0 Å². The van der Waals surface area contributed by atoms with Gasteiger partial charge in [0.1, 0.15) is 13.2 Å². The van der Waals surface area contributed by atoms with Gasteiger partial charge in [-0.1, -0.05) is 12.1 Å². The molecule has 3 rings (SSSR count). The van der Waals surface area contributed by atoms with Gasteiger partial charge in [-0.25, -0.2) is 0 Å². The molecule has 110 valence electrons. The molecule has 0 saturated heterocycles. The van der Waals surface area contributed by atoms with Crippen LogP contribution in [0.2, 0.25) is 0 Å². The van der Waals surface area contributed by atoms with Gasteiger partial charge in [-0.3, -0.25) is 4.79 Å². The first kappa shape index (κ1) is 13.5. The predicted molar refractivity (Wildman–Crippen MR) is 81.1 cm³/mol. The summed E-state index contributed by atoms with van der Waals surface area (Å²) in [6, 6.07) is 9.25. The zero-order valence-electron chi connectivity index (χ0n) is 12.0. The second-order valence-corrected chi connectivity index (χ2v) is 4.84. The molecule has 0 fully saturated rings. The van der Waals surface area contributed by atoms with Crippen LogP contribution >= 0.6 is 0 Å². The fourth-order valence-electron chi connectivity index (χ4n) is 2.35. The summed E-state index contributed by atoms with van der Waals surface area (Å²) in [5.74, 6) is 1.60. The topological polar surface area (TPSA) is 52.5 Å². The second-order valence-electron chi connectivity index (χ2n) is 4.84. The third kappa shape index (κ3) is 2.86. The number of aromatic nitrogens is 1. The van der Waals surface area contributed by atoms with Crippen molar-refractivity contribution in [2.45, 2.75) is 20.0 Å². The van der Waals surface area contributed by atoms with Crippen LogP contribution in [0.5, 0.6) is 11.5 Å². The summed E-state index contributed by atoms with van der Waals surface area (Å²) in [5, 5.41) is 3.32. The highest BCUT2D eigenvalue weighted by Gasteiger charge is 2.15. The van der Waals surface area contributed by atoms with Crippen molar-refractivity contribution in [2.75, 3.05) is 18.5 Å². The van der Waals surface area contributed by atoms with E-state index >= 15 is 0 Å². The maximum atomic E-state index is 11.6. The Labute approximate surface area is 123 Å². The summed E-state index contributed by atoms with van der Waals surface area (Å²) in [6.07, 6.45) is 1.83. The molecule has 1 aliphatic rings. The molecule has 5 nitrogen and oxygen atoms in total. The lowest BCUT2D eigenvalue weighted by Gasteiger charge is -2.21. The Balaban J connectivity index is 1.78. The first-order valence-corrected chi connectivity index (χ1v) is 7.10. The van der Waals surface area contributed by atoms with Crippen molar-refractivity contribution in [1.82, 2.24) is 4.57 Å². The molecule has 2 heterocycles. The first-order chi connectivity index (χ1) is 10.3. The standard InChI is InChI=1S/C16H18N2O3/c1-2-18-11-13(6-7-15(18)19)17-10-12-4-3-5-14-16(12)21-9-8-20-14/h3-7,11,17H,2,8-10H2,1H3. The Bertz CT molecular complexity index is 694. The van der Waals surface area contributed by atoms with Gasteiger partial charge in [0.05, 0.1) is 5.69 Å². The average molecular weight is 286 g/mol. The number of para-hydroxylation sites is 1. The van der Waals surface area contributed by atoms with Crippen molar-refractivity contribution in [1.29, 1.82) is 0 Å². The predicted octanol–water partition coefficient (Wildman–Crippen LogP) is 2.25. The van der Waals surface area contributed by atoms with E-state index in [0.717, 1.165) is 22.7 Å². The van der Waals surface area contributed by atoms with Crippen molar-refractivity contribution in [3.63, 3.8) is 0 Å². The Morgan fingerprint density at radius 3 is 2.90 bits per heavy atom. The molecule has 0 aliphatic carbocycles. The molecular weight excluding hydrogens is 268 g/mol. The first-order valence-electron chi connectivity index (χ1n) is 7.10. The number of hydrogen-bond donors (Lipinski definition) is 1. The zero-order chi connectivity index (χ0) is 14.7. The van der Waals surface area contributed by atoms with Crippen LogP contribution in [-0.4, -0.2) is 17.8 Å². The highest BCUT2D eigenvalue weighted by Crippen LogP contribution is 2.33. The molecule has 1 aliphatic heterocycles. The number of pyridine rings is 1. The van der Waals surface area contributed by atoms with Gasteiger partial charge in [-0.05, 0) is 19.1 Å². The maximum absolute atomic E-state index is 11.6. The van der Waals surface area contributed by atoms with E-state index in [0.29, 0.717) is 26.3 Å². The van der Waals surface area contributed by atoms with E-state index in [4.69, 9.17) is 9.47 Å². The number of benzene rings is 1. The molecule has 0 spiro atoms. The smallest absolute Gasteiger partial charge is 0.250 e. The van der Waals surface area contributed by atoms with Crippen molar-refractivity contribution in [3.05, 3.63) is 52.4 Å². The molecule has 21 heavy (non-hydrogen) atoms. The van der Waals surface area contributed by atoms with Gasteiger partial charge in [0.25, 0.3) is 5.56 Å². The minimum Gasteiger partial charge on any atom is -0.486 e. The number of aryl methyl sites for hydroxylation is 1. The van der Waals surface area contributed by atoms with Crippen LogP contribution in [0.3, 0.4) is 0 Å². The van der Waals surface area contributed by atoms with Crippen LogP contribution in [0.15, 0.2) is 41.3 Å². The van der Waals surface area contributed by atoms with E-state index < -0.39 is 0 Å². The molecule has 1 aromatic heterocycles. The van der Waals surface area contributed by atoms with Gasteiger partial charge in [-0.15, -0.1) is 0 Å². The number of hydrogen-bond acceptors (Lipinski definition) is 4. The van der Waals surface area contributed by atoms with Crippen LogP contribution in [0, 0.1) is 0 Å². The maximum Gasteiger partial charge on any atom is 0.250 e. The van der Waals surface area contributed by atoms with Crippen LogP contribution in [0.25, 0.3) is 0 Å². The highest BCUT2D eigenvalue weighted by atomic mass is 16.6. The van der Waals surface area contributed by atoms with E-state index in [2.05, 4.69) is 5.32 Å². The van der Waals surface area contributed by atoms with Gasteiger partial charge >= 0.3 is 0 Å². The highest BCUT2D eigenvalue weighted by molar-refractivity contribution is 5.50.